The van der Waals surface area contributed by atoms with E-state index < -0.39 is 0 Å². The van der Waals surface area contributed by atoms with Gasteiger partial charge in [-0.1, -0.05) is 45.9 Å². The first-order valence-corrected chi connectivity index (χ1v) is 4.38. The van der Waals surface area contributed by atoms with Gasteiger partial charge in [0.15, 0.2) is 0 Å². The monoisotopic (exact) mass is 187 g/mol. The second-order valence-corrected chi connectivity index (χ2v) is 1.48. The zero-order valence-corrected chi connectivity index (χ0v) is 8.83. The minimum absolute atomic E-state index is 0. The highest BCUT2D eigenvalue weighted by molar-refractivity contribution is 5.39. The van der Waals surface area contributed by atoms with Gasteiger partial charge in [0.1, 0.15) is 0 Å². The Bertz CT molecular complexity index is 154. The molecule has 13 heavy (non-hydrogen) atoms. The number of nitrogens with one attached hydrogen (secondary N) is 1. The van der Waals surface area contributed by atoms with Crippen LogP contribution < -0.4 is 5.48 Å². The van der Waals surface area contributed by atoms with Crippen LogP contribution in [0.15, 0.2) is 30.3 Å². The minimum Gasteiger partial charge on any atom is -0.412 e. The average Bonchev–Trinajstić information content (AvgIpc) is 2.25. The molecule has 0 saturated heterocycles. The van der Waals surface area contributed by atoms with Gasteiger partial charge in [0.05, 0.1) is 5.69 Å². The molecule has 0 aliphatic rings. The number of para-hydroxylation sites is 1. The van der Waals surface area contributed by atoms with Crippen molar-refractivity contribution >= 4 is 5.69 Å². The van der Waals surface area contributed by atoms with Gasteiger partial charge in [-0.25, -0.2) is 0 Å². The summed E-state index contributed by atoms with van der Waals surface area (Å²) in [4.78, 5) is 0. The summed E-state index contributed by atoms with van der Waals surface area (Å²) in [6.45, 7) is 8.00. The van der Waals surface area contributed by atoms with Crippen LogP contribution in [0.2, 0.25) is 0 Å². The van der Waals surface area contributed by atoms with Crippen molar-refractivity contribution in [3.63, 3.8) is 0 Å². The first kappa shape index (κ1) is 17.9. The van der Waals surface area contributed by atoms with Gasteiger partial charge < -0.3 is 5.48 Å². The number of rotatable bonds is 1. The van der Waals surface area contributed by atoms with E-state index in [2.05, 4.69) is 0 Å². The van der Waals surface area contributed by atoms with E-state index in [1.165, 1.54) is 0 Å². The molecule has 0 aliphatic carbocycles. The van der Waals surface area contributed by atoms with Gasteiger partial charge in [-0.2, -0.15) is 0 Å². The lowest BCUT2D eigenvalue weighted by Gasteiger charge is -1.92. The van der Waals surface area contributed by atoms with Gasteiger partial charge in [0.2, 0.25) is 0 Å². The third kappa shape index (κ3) is 10.9. The first-order chi connectivity index (χ1) is 5.93. The molecule has 0 fully saturated rings. The molecule has 1 rings (SSSR count). The molecule has 1 aromatic rings. The second-order valence-electron chi connectivity index (χ2n) is 1.48. The fraction of sp³-hybridized carbons (Fsp3) is 0.400. The fourth-order valence-corrected chi connectivity index (χ4v) is 0.513. The van der Waals surface area contributed by atoms with Crippen LogP contribution >= 0.6 is 0 Å². The Labute approximate surface area is 80.7 Å². The molecule has 0 aromatic heterocycles. The minimum atomic E-state index is 0. The summed E-state index contributed by atoms with van der Waals surface area (Å²) in [6, 6.07) is 9.14. The summed E-state index contributed by atoms with van der Waals surface area (Å²) in [5.74, 6) is 0. The van der Waals surface area contributed by atoms with Crippen LogP contribution in [0.1, 0.15) is 27.7 Å². The van der Waals surface area contributed by atoms with Crippen LogP contribution in [-0.4, -0.2) is 10.7 Å². The van der Waals surface area contributed by atoms with Crippen LogP contribution in [0.3, 0.4) is 0 Å². The molecule has 3 nitrogen and oxygen atoms in total. The van der Waals surface area contributed by atoms with E-state index in [1.54, 1.807) is 12.1 Å². The topological polar surface area (TPSA) is 63.8 Å². The summed E-state index contributed by atoms with van der Waals surface area (Å²) >= 11 is 0. The van der Waals surface area contributed by atoms with Crippen molar-refractivity contribution in [2.75, 3.05) is 5.48 Å². The molecular formula is C10H21NO2. The van der Waals surface area contributed by atoms with Crippen LogP contribution in [-0.2, 0) is 0 Å². The standard InChI is InChI=1S/C6H7NO.2C2H6.H2O/c8-7-6-4-2-1-3-5-6;2*1-2;/h1-5,7-8H;2*1-2H3;1H2. The van der Waals surface area contributed by atoms with Crippen LogP contribution in [0.25, 0.3) is 0 Å². The molecule has 0 radical (unpaired) electrons. The average molecular weight is 187 g/mol. The van der Waals surface area contributed by atoms with Crippen molar-refractivity contribution in [2.24, 2.45) is 0 Å². The first-order valence-electron chi connectivity index (χ1n) is 4.38. The Balaban J connectivity index is -0.000000178. The molecule has 78 valence electrons. The van der Waals surface area contributed by atoms with E-state index in [-0.39, 0.29) is 5.48 Å². The molecule has 0 amide bonds. The quantitative estimate of drug-likeness (QED) is 0.664. The van der Waals surface area contributed by atoms with Crippen LogP contribution in [0.4, 0.5) is 5.69 Å². The molecule has 0 heterocycles. The lowest BCUT2D eigenvalue weighted by atomic mass is 10.3. The second kappa shape index (κ2) is 17.1. The third-order valence-electron chi connectivity index (χ3n) is 0.903. The molecule has 0 spiro atoms. The van der Waals surface area contributed by atoms with Gasteiger partial charge in [0.25, 0.3) is 0 Å². The fourth-order valence-electron chi connectivity index (χ4n) is 0.513. The number of hydrogen-bond acceptors (Lipinski definition) is 2. The Kier molecular flexibility index (Phi) is 23.6. The SMILES string of the molecule is CC.CC.O.ONc1ccccc1. The van der Waals surface area contributed by atoms with Crippen molar-refractivity contribution in [1.29, 1.82) is 0 Å². The molecule has 1 aromatic carbocycles. The normalized spacial score (nSPS) is 6.23. The summed E-state index contributed by atoms with van der Waals surface area (Å²) < 4.78 is 0. The molecule has 0 atom stereocenters. The highest BCUT2D eigenvalue weighted by Gasteiger charge is 1.79. The Morgan fingerprint density at radius 2 is 1.31 bits per heavy atom. The van der Waals surface area contributed by atoms with E-state index in [9.17, 15) is 0 Å². The smallest absolute Gasteiger partial charge is 0.0602 e. The van der Waals surface area contributed by atoms with Gasteiger partial charge >= 0.3 is 0 Å². The highest BCUT2D eigenvalue weighted by Crippen LogP contribution is 2.01. The Morgan fingerprint density at radius 3 is 1.54 bits per heavy atom. The van der Waals surface area contributed by atoms with E-state index in [0.717, 1.165) is 0 Å². The van der Waals surface area contributed by atoms with Crippen LogP contribution in [0, 0.1) is 0 Å². The van der Waals surface area contributed by atoms with E-state index in [1.807, 2.05) is 51.4 Å². The number of anilines is 1. The molecule has 0 unspecified atom stereocenters. The third-order valence-corrected chi connectivity index (χ3v) is 0.903. The maximum Gasteiger partial charge on any atom is 0.0602 e. The van der Waals surface area contributed by atoms with Crippen molar-refractivity contribution in [3.05, 3.63) is 30.3 Å². The lowest BCUT2D eigenvalue weighted by molar-refractivity contribution is 0.389. The Morgan fingerprint density at radius 1 is 0.923 bits per heavy atom. The van der Waals surface area contributed by atoms with Crippen LogP contribution in [0.5, 0.6) is 0 Å². The van der Waals surface area contributed by atoms with E-state index in [0.29, 0.717) is 5.69 Å². The largest absolute Gasteiger partial charge is 0.412 e. The van der Waals surface area contributed by atoms with Gasteiger partial charge in [-0.3, -0.25) is 10.7 Å². The van der Waals surface area contributed by atoms with E-state index >= 15 is 0 Å². The molecule has 0 bridgehead atoms. The molecule has 0 saturated carbocycles. The summed E-state index contributed by atoms with van der Waals surface area (Å²) in [6.07, 6.45) is 0. The van der Waals surface area contributed by atoms with Crippen molar-refractivity contribution in [1.82, 2.24) is 0 Å². The maximum absolute atomic E-state index is 8.29. The van der Waals surface area contributed by atoms with Crippen molar-refractivity contribution in [2.45, 2.75) is 27.7 Å². The molecular weight excluding hydrogens is 166 g/mol. The number of benzene rings is 1. The van der Waals surface area contributed by atoms with Crippen molar-refractivity contribution < 1.29 is 10.7 Å². The summed E-state index contributed by atoms with van der Waals surface area (Å²) in [5.41, 5.74) is 2.74. The van der Waals surface area contributed by atoms with Gasteiger partial charge in [0, 0.05) is 0 Å². The van der Waals surface area contributed by atoms with E-state index in [4.69, 9.17) is 5.21 Å². The van der Waals surface area contributed by atoms with Gasteiger partial charge in [-0.15, -0.1) is 0 Å². The molecule has 3 heteroatoms. The number of hydrogen-bond donors (Lipinski definition) is 2. The molecule has 4 N–H and O–H groups in total. The van der Waals surface area contributed by atoms with Crippen molar-refractivity contribution in [3.8, 4) is 0 Å². The summed E-state index contributed by atoms with van der Waals surface area (Å²) in [5, 5.41) is 8.29. The lowest BCUT2D eigenvalue weighted by Crippen LogP contribution is -1.85. The highest BCUT2D eigenvalue weighted by atomic mass is 16.5. The molecule has 0 aliphatic heterocycles. The predicted octanol–water partition coefficient (Wildman–Crippen LogP) is 2.72. The maximum atomic E-state index is 8.29. The summed E-state index contributed by atoms with van der Waals surface area (Å²) in [7, 11) is 0. The Hall–Kier alpha value is -1.06. The zero-order valence-electron chi connectivity index (χ0n) is 8.83. The zero-order chi connectivity index (χ0) is 9.82. The predicted molar refractivity (Wildman–Crippen MR) is 58.2 cm³/mol. The van der Waals surface area contributed by atoms with Gasteiger partial charge in [-0.05, 0) is 12.1 Å².